The minimum Gasteiger partial charge on any atom is -0.508 e. The quantitative estimate of drug-likeness (QED) is 0.858. The summed E-state index contributed by atoms with van der Waals surface area (Å²) in [5, 5.41) is 12.3. The first kappa shape index (κ1) is 12.2. The van der Waals surface area contributed by atoms with Gasteiger partial charge in [0, 0.05) is 30.6 Å². The van der Waals surface area contributed by atoms with Gasteiger partial charge in [-0.25, -0.2) is 4.98 Å². The number of phenolic OH excluding ortho intramolecular Hbond substituents is 1. The summed E-state index contributed by atoms with van der Waals surface area (Å²) in [6.45, 7) is 2.07. The maximum Gasteiger partial charge on any atom is 0.252 e. The van der Waals surface area contributed by atoms with E-state index in [0.29, 0.717) is 17.7 Å². The van der Waals surface area contributed by atoms with Crippen LogP contribution in [-0.2, 0) is 13.6 Å². The number of aromatic hydroxyl groups is 1. The van der Waals surface area contributed by atoms with Crippen LogP contribution in [0.5, 0.6) is 5.75 Å². The molecule has 0 radical (unpaired) electrons. The third-order valence-electron chi connectivity index (χ3n) is 2.88. The second-order valence-electron chi connectivity index (χ2n) is 4.09. The van der Waals surface area contributed by atoms with E-state index in [9.17, 15) is 9.90 Å². The van der Waals surface area contributed by atoms with Gasteiger partial charge in [0.05, 0.1) is 6.54 Å². The first-order valence-corrected chi connectivity index (χ1v) is 5.62. The number of benzene rings is 1. The van der Waals surface area contributed by atoms with Crippen LogP contribution in [0.4, 0.5) is 0 Å². The number of aryl methyl sites for hydroxylation is 1. The average Bonchev–Trinajstić information content (AvgIpc) is 2.75. The van der Waals surface area contributed by atoms with Gasteiger partial charge in [0.25, 0.3) is 5.91 Å². The van der Waals surface area contributed by atoms with E-state index in [1.54, 1.807) is 31.3 Å². The van der Waals surface area contributed by atoms with Crippen molar-refractivity contribution in [3.63, 3.8) is 0 Å². The van der Waals surface area contributed by atoms with Gasteiger partial charge >= 0.3 is 0 Å². The van der Waals surface area contributed by atoms with Gasteiger partial charge in [0.15, 0.2) is 0 Å². The fourth-order valence-corrected chi connectivity index (χ4v) is 1.69. The minimum absolute atomic E-state index is 0.125. The first-order valence-electron chi connectivity index (χ1n) is 5.62. The normalized spacial score (nSPS) is 10.3. The molecule has 0 aliphatic rings. The number of hydrogen-bond acceptors (Lipinski definition) is 3. The first-order chi connectivity index (χ1) is 8.59. The summed E-state index contributed by atoms with van der Waals surface area (Å²) >= 11 is 0. The van der Waals surface area contributed by atoms with Crippen molar-refractivity contribution in [3.05, 3.63) is 47.5 Å². The van der Waals surface area contributed by atoms with E-state index in [-0.39, 0.29) is 11.7 Å². The van der Waals surface area contributed by atoms with Gasteiger partial charge in [-0.2, -0.15) is 0 Å². The lowest BCUT2D eigenvalue weighted by Crippen LogP contribution is -2.25. The van der Waals surface area contributed by atoms with Gasteiger partial charge in [-0.15, -0.1) is 0 Å². The number of amides is 1. The van der Waals surface area contributed by atoms with E-state index in [2.05, 4.69) is 10.3 Å². The van der Waals surface area contributed by atoms with Crippen molar-refractivity contribution < 1.29 is 9.90 Å². The third-order valence-corrected chi connectivity index (χ3v) is 2.88. The molecule has 5 nitrogen and oxygen atoms in total. The lowest BCUT2D eigenvalue weighted by atomic mass is 10.1. The standard InChI is InChI=1S/C13H15N3O2/c1-9-10(4-3-5-11(9)17)13(18)15-8-12-14-6-7-16(12)2/h3-7,17H,8H2,1-2H3,(H,15,18). The molecule has 2 aromatic rings. The Kier molecular flexibility index (Phi) is 3.32. The summed E-state index contributed by atoms with van der Waals surface area (Å²) in [5.41, 5.74) is 1.05. The Morgan fingerprint density at radius 2 is 2.28 bits per heavy atom. The van der Waals surface area contributed by atoms with E-state index >= 15 is 0 Å². The molecule has 5 heteroatoms. The molecule has 2 rings (SSSR count). The van der Waals surface area contributed by atoms with E-state index < -0.39 is 0 Å². The fraction of sp³-hybridized carbons (Fsp3) is 0.231. The lowest BCUT2D eigenvalue weighted by Gasteiger charge is -2.08. The second kappa shape index (κ2) is 4.91. The Morgan fingerprint density at radius 3 is 2.94 bits per heavy atom. The minimum atomic E-state index is -0.216. The summed E-state index contributed by atoms with van der Waals surface area (Å²) < 4.78 is 1.84. The number of rotatable bonds is 3. The van der Waals surface area contributed by atoms with Crippen molar-refractivity contribution in [3.8, 4) is 5.75 Å². The number of aromatic nitrogens is 2. The van der Waals surface area contributed by atoms with Crippen molar-refractivity contribution in [2.75, 3.05) is 0 Å². The van der Waals surface area contributed by atoms with Crippen molar-refractivity contribution in [1.29, 1.82) is 0 Å². The number of nitrogens with one attached hydrogen (secondary N) is 1. The molecule has 0 unspecified atom stereocenters. The number of carbonyl (C=O) groups excluding carboxylic acids is 1. The zero-order valence-electron chi connectivity index (χ0n) is 10.3. The molecule has 0 aliphatic heterocycles. The van der Waals surface area contributed by atoms with Gasteiger partial charge < -0.3 is 15.0 Å². The maximum absolute atomic E-state index is 12.0. The molecular weight excluding hydrogens is 230 g/mol. The summed E-state index contributed by atoms with van der Waals surface area (Å²) in [6, 6.07) is 4.89. The monoisotopic (exact) mass is 245 g/mol. The van der Waals surface area contributed by atoms with Crippen molar-refractivity contribution in [1.82, 2.24) is 14.9 Å². The maximum atomic E-state index is 12.0. The largest absolute Gasteiger partial charge is 0.508 e. The molecule has 0 spiro atoms. The predicted molar refractivity (Wildman–Crippen MR) is 67.2 cm³/mol. The van der Waals surface area contributed by atoms with Crippen molar-refractivity contribution >= 4 is 5.91 Å². The molecule has 1 heterocycles. The van der Waals surface area contributed by atoms with Crippen LogP contribution in [-0.4, -0.2) is 20.6 Å². The van der Waals surface area contributed by atoms with Crippen LogP contribution >= 0.6 is 0 Å². The molecule has 1 amide bonds. The van der Waals surface area contributed by atoms with Gasteiger partial charge in [-0.05, 0) is 19.1 Å². The van der Waals surface area contributed by atoms with Crippen molar-refractivity contribution in [2.24, 2.45) is 7.05 Å². The topological polar surface area (TPSA) is 67.2 Å². The third kappa shape index (κ3) is 2.34. The number of imidazole rings is 1. The average molecular weight is 245 g/mol. The molecule has 2 N–H and O–H groups in total. The Balaban J connectivity index is 2.09. The van der Waals surface area contributed by atoms with E-state index in [4.69, 9.17) is 0 Å². The summed E-state index contributed by atoms with van der Waals surface area (Å²) in [4.78, 5) is 16.1. The Hall–Kier alpha value is -2.30. The number of carbonyl (C=O) groups is 1. The Labute approximate surface area is 105 Å². The van der Waals surface area contributed by atoms with Crippen LogP contribution in [0.1, 0.15) is 21.7 Å². The zero-order valence-corrected chi connectivity index (χ0v) is 10.3. The van der Waals surface area contributed by atoms with Crippen LogP contribution in [0.3, 0.4) is 0 Å². The van der Waals surface area contributed by atoms with E-state index in [0.717, 1.165) is 5.82 Å². The summed E-state index contributed by atoms with van der Waals surface area (Å²) in [7, 11) is 1.87. The molecule has 0 bridgehead atoms. The van der Waals surface area contributed by atoms with Crippen LogP contribution in [0.15, 0.2) is 30.6 Å². The highest BCUT2D eigenvalue weighted by Gasteiger charge is 2.11. The van der Waals surface area contributed by atoms with Crippen LogP contribution < -0.4 is 5.32 Å². The SMILES string of the molecule is Cc1c(O)cccc1C(=O)NCc1nccn1C. The van der Waals surface area contributed by atoms with E-state index in [1.807, 2.05) is 17.8 Å². The highest BCUT2D eigenvalue weighted by atomic mass is 16.3. The highest BCUT2D eigenvalue weighted by Crippen LogP contribution is 2.19. The van der Waals surface area contributed by atoms with Crippen LogP contribution in [0, 0.1) is 6.92 Å². The number of phenols is 1. The zero-order chi connectivity index (χ0) is 13.1. The Morgan fingerprint density at radius 1 is 1.50 bits per heavy atom. The molecule has 18 heavy (non-hydrogen) atoms. The van der Waals surface area contributed by atoms with Gasteiger partial charge in [-0.1, -0.05) is 6.07 Å². The molecular formula is C13H15N3O2. The summed E-state index contributed by atoms with van der Waals surface area (Å²) in [5.74, 6) is 0.687. The smallest absolute Gasteiger partial charge is 0.252 e. The lowest BCUT2D eigenvalue weighted by molar-refractivity contribution is 0.0948. The highest BCUT2D eigenvalue weighted by molar-refractivity contribution is 5.96. The van der Waals surface area contributed by atoms with Crippen LogP contribution in [0.25, 0.3) is 0 Å². The molecule has 0 fully saturated rings. The van der Waals surface area contributed by atoms with Gasteiger partial charge in [0.1, 0.15) is 11.6 Å². The number of nitrogens with zero attached hydrogens (tertiary/aromatic N) is 2. The summed E-state index contributed by atoms with van der Waals surface area (Å²) in [6.07, 6.45) is 3.50. The predicted octanol–water partition coefficient (Wildman–Crippen LogP) is 1.36. The molecule has 0 atom stereocenters. The van der Waals surface area contributed by atoms with Crippen LogP contribution in [0.2, 0.25) is 0 Å². The van der Waals surface area contributed by atoms with E-state index in [1.165, 1.54) is 0 Å². The molecule has 94 valence electrons. The second-order valence-corrected chi connectivity index (χ2v) is 4.09. The number of hydrogen-bond donors (Lipinski definition) is 2. The molecule has 0 aliphatic carbocycles. The fourth-order valence-electron chi connectivity index (χ4n) is 1.69. The molecule has 0 saturated heterocycles. The van der Waals surface area contributed by atoms with Crippen molar-refractivity contribution in [2.45, 2.75) is 13.5 Å². The van der Waals surface area contributed by atoms with Gasteiger partial charge in [0.2, 0.25) is 0 Å². The Bertz CT molecular complexity index is 575. The van der Waals surface area contributed by atoms with Gasteiger partial charge in [-0.3, -0.25) is 4.79 Å². The molecule has 0 saturated carbocycles. The molecule has 1 aromatic heterocycles. The molecule has 1 aromatic carbocycles.